The molecule has 0 saturated carbocycles. The van der Waals surface area contributed by atoms with Gasteiger partial charge in [-0.3, -0.25) is 19.7 Å². The normalized spacial score (nSPS) is 11.8. The zero-order valence-electron chi connectivity index (χ0n) is 18.0. The number of rotatable bonds is 10. The Morgan fingerprint density at radius 1 is 1.09 bits per heavy atom. The smallest absolute Gasteiger partial charge is 0.269 e. The van der Waals surface area contributed by atoms with E-state index in [1.807, 2.05) is 13.8 Å². The van der Waals surface area contributed by atoms with E-state index >= 15 is 0 Å². The minimum Gasteiger partial charge on any atom is -0.352 e. The summed E-state index contributed by atoms with van der Waals surface area (Å²) in [5, 5.41) is 14.4. The third kappa shape index (κ3) is 7.39. The standard InChI is InChI=1S/C22H25Cl2N3O4S/c1-14(2)25-22(29)15(3)26(11-18-19(23)5-4-6-20(18)24)21(28)13-32-12-16-7-9-17(10-8-16)27(30)31/h4-10,14-15H,11-13H2,1-3H3,(H,25,29)/t15-/m1/s1. The second kappa shape index (κ2) is 12.1. The summed E-state index contributed by atoms with van der Waals surface area (Å²) >= 11 is 13.9. The molecule has 0 bridgehead atoms. The lowest BCUT2D eigenvalue weighted by molar-refractivity contribution is -0.384. The van der Waals surface area contributed by atoms with Crippen LogP contribution in [0.15, 0.2) is 42.5 Å². The maximum atomic E-state index is 13.1. The Balaban J connectivity index is 2.12. The number of carbonyl (C=O) groups is 2. The molecule has 0 aromatic heterocycles. The number of hydrogen-bond acceptors (Lipinski definition) is 5. The molecule has 0 fully saturated rings. The Labute approximate surface area is 201 Å². The first-order valence-electron chi connectivity index (χ1n) is 9.94. The largest absolute Gasteiger partial charge is 0.352 e. The molecule has 2 amide bonds. The van der Waals surface area contributed by atoms with Gasteiger partial charge < -0.3 is 10.2 Å². The van der Waals surface area contributed by atoms with E-state index in [0.29, 0.717) is 21.4 Å². The van der Waals surface area contributed by atoms with Crippen LogP contribution in [0.5, 0.6) is 0 Å². The van der Waals surface area contributed by atoms with Gasteiger partial charge >= 0.3 is 0 Å². The van der Waals surface area contributed by atoms with E-state index in [1.165, 1.54) is 28.8 Å². The van der Waals surface area contributed by atoms with E-state index in [9.17, 15) is 19.7 Å². The number of thioether (sulfide) groups is 1. The zero-order valence-corrected chi connectivity index (χ0v) is 20.3. The van der Waals surface area contributed by atoms with E-state index in [0.717, 1.165) is 5.56 Å². The van der Waals surface area contributed by atoms with Crippen LogP contribution in [0.2, 0.25) is 10.0 Å². The van der Waals surface area contributed by atoms with Gasteiger partial charge in [-0.05, 0) is 38.5 Å². The SMILES string of the molecule is CC(C)NC(=O)[C@@H](C)N(Cc1c(Cl)cccc1Cl)C(=O)CSCc1ccc([N+](=O)[O-])cc1. The molecule has 0 unspecified atom stereocenters. The average molecular weight is 498 g/mol. The van der Waals surface area contributed by atoms with Crippen LogP contribution in [0.25, 0.3) is 0 Å². The first kappa shape index (κ1) is 26.0. The van der Waals surface area contributed by atoms with Crippen molar-refractivity contribution in [2.45, 2.75) is 45.2 Å². The quantitative estimate of drug-likeness (QED) is 0.365. The summed E-state index contributed by atoms with van der Waals surface area (Å²) in [4.78, 5) is 37.5. The second-order valence-corrected chi connectivity index (χ2v) is 9.28. The molecule has 0 aliphatic rings. The Morgan fingerprint density at radius 2 is 1.69 bits per heavy atom. The number of carbonyl (C=O) groups excluding carboxylic acids is 2. The molecule has 2 rings (SSSR count). The van der Waals surface area contributed by atoms with Crippen molar-refractivity contribution >= 4 is 52.5 Å². The van der Waals surface area contributed by atoms with E-state index in [-0.39, 0.29) is 35.8 Å². The fourth-order valence-corrected chi connectivity index (χ4v) is 4.28. The second-order valence-electron chi connectivity index (χ2n) is 7.48. The van der Waals surface area contributed by atoms with Gasteiger partial charge in [-0.2, -0.15) is 0 Å². The van der Waals surface area contributed by atoms with Gasteiger partial charge in [0.25, 0.3) is 5.69 Å². The van der Waals surface area contributed by atoms with Crippen molar-refractivity contribution in [2.24, 2.45) is 0 Å². The number of nitro groups is 1. The van der Waals surface area contributed by atoms with Crippen molar-refractivity contribution in [3.05, 3.63) is 73.8 Å². The first-order valence-corrected chi connectivity index (χ1v) is 11.8. The highest BCUT2D eigenvalue weighted by Crippen LogP contribution is 2.27. The highest BCUT2D eigenvalue weighted by atomic mass is 35.5. The van der Waals surface area contributed by atoms with Crippen molar-refractivity contribution in [3.63, 3.8) is 0 Å². The molecule has 2 aromatic rings. The van der Waals surface area contributed by atoms with Gasteiger partial charge in [-0.25, -0.2) is 0 Å². The van der Waals surface area contributed by atoms with Crippen LogP contribution in [0.4, 0.5) is 5.69 Å². The molecule has 7 nitrogen and oxygen atoms in total. The van der Waals surface area contributed by atoms with Crippen molar-refractivity contribution in [2.75, 3.05) is 5.75 Å². The average Bonchev–Trinajstić information content (AvgIpc) is 2.73. The van der Waals surface area contributed by atoms with Crippen LogP contribution in [0, 0.1) is 10.1 Å². The number of amides is 2. The number of hydrogen-bond donors (Lipinski definition) is 1. The summed E-state index contributed by atoms with van der Waals surface area (Å²) in [6.45, 7) is 5.47. The highest BCUT2D eigenvalue weighted by molar-refractivity contribution is 7.99. The summed E-state index contributed by atoms with van der Waals surface area (Å²) in [5.41, 5.74) is 1.45. The van der Waals surface area contributed by atoms with Crippen molar-refractivity contribution < 1.29 is 14.5 Å². The lowest BCUT2D eigenvalue weighted by atomic mass is 10.1. The summed E-state index contributed by atoms with van der Waals surface area (Å²) < 4.78 is 0. The van der Waals surface area contributed by atoms with E-state index < -0.39 is 11.0 Å². The van der Waals surface area contributed by atoms with E-state index in [1.54, 1.807) is 37.3 Å². The molecular formula is C22H25Cl2N3O4S. The predicted octanol–water partition coefficient (Wildman–Crippen LogP) is 5.08. The van der Waals surface area contributed by atoms with E-state index in [4.69, 9.17) is 23.2 Å². The zero-order chi connectivity index (χ0) is 23.8. The Kier molecular flexibility index (Phi) is 9.81. The maximum Gasteiger partial charge on any atom is 0.269 e. The van der Waals surface area contributed by atoms with Crippen LogP contribution in [-0.2, 0) is 21.9 Å². The van der Waals surface area contributed by atoms with Crippen LogP contribution in [-0.4, -0.2) is 39.5 Å². The van der Waals surface area contributed by atoms with Crippen molar-refractivity contribution in [3.8, 4) is 0 Å². The van der Waals surface area contributed by atoms with Crippen LogP contribution in [0.1, 0.15) is 31.9 Å². The number of nitrogens with zero attached hydrogens (tertiary/aromatic N) is 2. The summed E-state index contributed by atoms with van der Waals surface area (Å²) in [7, 11) is 0. The van der Waals surface area contributed by atoms with Crippen molar-refractivity contribution in [1.29, 1.82) is 0 Å². The maximum absolute atomic E-state index is 13.1. The minimum atomic E-state index is -0.725. The van der Waals surface area contributed by atoms with Gasteiger partial charge in [0, 0.05) is 46.1 Å². The molecule has 0 heterocycles. The molecule has 0 aliphatic carbocycles. The molecule has 1 N–H and O–H groups in total. The topological polar surface area (TPSA) is 92.6 Å². The lowest BCUT2D eigenvalue weighted by Gasteiger charge is -2.30. The highest BCUT2D eigenvalue weighted by Gasteiger charge is 2.27. The molecule has 32 heavy (non-hydrogen) atoms. The van der Waals surface area contributed by atoms with Gasteiger partial charge in [0.2, 0.25) is 11.8 Å². The lowest BCUT2D eigenvalue weighted by Crippen LogP contribution is -2.49. The molecule has 2 aromatic carbocycles. The molecule has 0 radical (unpaired) electrons. The molecular weight excluding hydrogens is 473 g/mol. The van der Waals surface area contributed by atoms with Gasteiger partial charge in [0.05, 0.1) is 10.7 Å². The van der Waals surface area contributed by atoms with Gasteiger partial charge in [0.1, 0.15) is 6.04 Å². The fraction of sp³-hybridized carbons (Fsp3) is 0.364. The first-order chi connectivity index (χ1) is 15.1. The molecule has 172 valence electrons. The molecule has 0 saturated heterocycles. The van der Waals surface area contributed by atoms with Crippen LogP contribution < -0.4 is 5.32 Å². The van der Waals surface area contributed by atoms with Gasteiger partial charge in [-0.15, -0.1) is 11.8 Å². The van der Waals surface area contributed by atoms with E-state index in [2.05, 4.69) is 5.32 Å². The Bertz CT molecular complexity index is 950. The van der Waals surface area contributed by atoms with Crippen LogP contribution >= 0.6 is 35.0 Å². The third-order valence-electron chi connectivity index (χ3n) is 4.63. The van der Waals surface area contributed by atoms with Gasteiger partial charge in [0.15, 0.2) is 0 Å². The predicted molar refractivity (Wildman–Crippen MR) is 129 cm³/mol. The Morgan fingerprint density at radius 3 is 2.22 bits per heavy atom. The molecule has 10 heteroatoms. The fourth-order valence-electron chi connectivity index (χ4n) is 2.89. The number of benzene rings is 2. The molecule has 0 spiro atoms. The number of nitrogens with one attached hydrogen (secondary N) is 1. The summed E-state index contributed by atoms with van der Waals surface area (Å²) in [5.74, 6) is 0.117. The molecule has 1 atom stereocenters. The third-order valence-corrected chi connectivity index (χ3v) is 6.33. The number of nitro benzene ring substituents is 1. The minimum absolute atomic E-state index is 0.0163. The monoisotopic (exact) mass is 497 g/mol. The number of non-ortho nitro benzene ring substituents is 1. The number of halogens is 2. The summed E-state index contributed by atoms with van der Waals surface area (Å²) in [6.07, 6.45) is 0. The summed E-state index contributed by atoms with van der Waals surface area (Å²) in [6, 6.07) is 10.5. The van der Waals surface area contributed by atoms with Gasteiger partial charge in [-0.1, -0.05) is 41.4 Å². The van der Waals surface area contributed by atoms with Crippen LogP contribution in [0.3, 0.4) is 0 Å². The van der Waals surface area contributed by atoms with Crippen molar-refractivity contribution in [1.82, 2.24) is 10.2 Å². The molecule has 0 aliphatic heterocycles. The Hall–Kier alpha value is -2.29.